The van der Waals surface area contributed by atoms with Crippen LogP contribution in [0.2, 0.25) is 0 Å². The molecule has 0 aliphatic heterocycles. The van der Waals surface area contributed by atoms with Crippen molar-refractivity contribution in [2.75, 3.05) is 11.9 Å². The van der Waals surface area contributed by atoms with E-state index < -0.39 is 0 Å². The third kappa shape index (κ3) is 2.89. The van der Waals surface area contributed by atoms with Gasteiger partial charge in [0.25, 0.3) is 0 Å². The number of nitrogens with two attached hydrogens (primary N) is 1. The summed E-state index contributed by atoms with van der Waals surface area (Å²) in [5.41, 5.74) is 7.80. The lowest BCUT2D eigenvalue weighted by Crippen LogP contribution is -2.07. The van der Waals surface area contributed by atoms with Crippen LogP contribution in [0.25, 0.3) is 0 Å². The summed E-state index contributed by atoms with van der Waals surface area (Å²) in [5.74, 6) is -0.225. The minimum absolute atomic E-state index is 0.225. The number of para-hydroxylation sites is 1. The van der Waals surface area contributed by atoms with Crippen LogP contribution < -0.4 is 11.1 Å². The zero-order valence-corrected chi connectivity index (χ0v) is 11.4. The van der Waals surface area contributed by atoms with Crippen molar-refractivity contribution >= 4 is 27.3 Å². The molecule has 0 unspecified atom stereocenters. The van der Waals surface area contributed by atoms with E-state index in [1.807, 2.05) is 30.3 Å². The number of hydrogen-bond donors (Lipinski definition) is 2. The van der Waals surface area contributed by atoms with Crippen LogP contribution in [0.15, 0.2) is 46.9 Å². The van der Waals surface area contributed by atoms with Gasteiger partial charge in [-0.3, -0.25) is 0 Å². The fourth-order valence-electron chi connectivity index (χ4n) is 1.78. The average Bonchev–Trinajstić information content (AvgIpc) is 2.36. The summed E-state index contributed by atoms with van der Waals surface area (Å²) in [4.78, 5) is 0. The molecule has 0 saturated heterocycles. The molecule has 2 rings (SSSR count). The first-order valence-corrected chi connectivity index (χ1v) is 6.50. The molecule has 0 radical (unpaired) electrons. The van der Waals surface area contributed by atoms with Crippen molar-refractivity contribution in [3.63, 3.8) is 0 Å². The van der Waals surface area contributed by atoms with Crippen molar-refractivity contribution in [2.45, 2.75) is 6.42 Å². The lowest BCUT2D eigenvalue weighted by atomic mass is 10.1. The zero-order chi connectivity index (χ0) is 13.0. The molecule has 0 saturated carbocycles. The third-order valence-corrected chi connectivity index (χ3v) is 3.35. The predicted octanol–water partition coefficient (Wildman–Crippen LogP) is 3.83. The predicted molar refractivity (Wildman–Crippen MR) is 76.6 cm³/mol. The van der Waals surface area contributed by atoms with Crippen molar-refractivity contribution in [1.29, 1.82) is 0 Å². The lowest BCUT2D eigenvalue weighted by Gasteiger charge is -2.13. The van der Waals surface area contributed by atoms with Crippen LogP contribution in [0.3, 0.4) is 0 Å². The highest BCUT2D eigenvalue weighted by molar-refractivity contribution is 9.10. The molecule has 0 aliphatic carbocycles. The van der Waals surface area contributed by atoms with E-state index in [-0.39, 0.29) is 5.82 Å². The maximum absolute atomic E-state index is 13.7. The fraction of sp³-hybridized carbons (Fsp3) is 0.143. The van der Waals surface area contributed by atoms with E-state index >= 15 is 0 Å². The molecular weight excluding hydrogens is 295 g/mol. The minimum Gasteiger partial charge on any atom is -0.354 e. The Bertz CT molecular complexity index is 543. The summed E-state index contributed by atoms with van der Waals surface area (Å²) in [6.45, 7) is 0.422. The highest BCUT2D eigenvalue weighted by atomic mass is 79.9. The first kappa shape index (κ1) is 13.1. The Hall–Kier alpha value is -1.39. The van der Waals surface area contributed by atoms with Gasteiger partial charge in [0.2, 0.25) is 0 Å². The quantitative estimate of drug-likeness (QED) is 0.901. The smallest absolute Gasteiger partial charge is 0.128 e. The van der Waals surface area contributed by atoms with E-state index in [9.17, 15) is 4.39 Å². The monoisotopic (exact) mass is 308 g/mol. The minimum atomic E-state index is -0.225. The van der Waals surface area contributed by atoms with Crippen LogP contribution in [0.1, 0.15) is 5.56 Å². The summed E-state index contributed by atoms with van der Waals surface area (Å²) in [6.07, 6.45) is 0.513. The second-order valence-corrected chi connectivity index (χ2v) is 4.76. The molecule has 0 bridgehead atoms. The van der Waals surface area contributed by atoms with Crippen LogP contribution in [0, 0.1) is 5.82 Å². The molecule has 0 aromatic heterocycles. The summed E-state index contributed by atoms with van der Waals surface area (Å²) in [5, 5.41) is 3.22. The Balaban J connectivity index is 2.34. The number of rotatable bonds is 4. The molecule has 2 nitrogen and oxygen atoms in total. The number of halogens is 2. The Morgan fingerprint density at radius 1 is 1.06 bits per heavy atom. The molecule has 0 spiro atoms. The normalized spacial score (nSPS) is 10.4. The van der Waals surface area contributed by atoms with Gasteiger partial charge >= 0.3 is 0 Å². The second-order valence-electron chi connectivity index (χ2n) is 3.91. The first-order valence-electron chi connectivity index (χ1n) is 5.71. The Morgan fingerprint density at radius 2 is 1.78 bits per heavy atom. The molecule has 2 aromatic carbocycles. The van der Waals surface area contributed by atoms with E-state index in [2.05, 4.69) is 21.2 Å². The molecule has 4 heteroatoms. The van der Waals surface area contributed by atoms with E-state index in [1.54, 1.807) is 6.07 Å². The molecule has 0 heterocycles. The largest absolute Gasteiger partial charge is 0.354 e. The molecule has 18 heavy (non-hydrogen) atoms. The van der Waals surface area contributed by atoms with E-state index in [4.69, 9.17) is 5.73 Å². The lowest BCUT2D eigenvalue weighted by molar-refractivity contribution is 0.610. The van der Waals surface area contributed by atoms with Crippen LogP contribution in [-0.2, 0) is 6.42 Å². The summed E-state index contributed by atoms with van der Waals surface area (Å²) >= 11 is 3.45. The van der Waals surface area contributed by atoms with Crippen molar-refractivity contribution in [3.8, 4) is 0 Å². The van der Waals surface area contributed by atoms with Gasteiger partial charge in [-0.25, -0.2) is 4.39 Å². The van der Waals surface area contributed by atoms with Gasteiger partial charge in [0.15, 0.2) is 0 Å². The molecule has 0 atom stereocenters. The topological polar surface area (TPSA) is 38.0 Å². The van der Waals surface area contributed by atoms with E-state index in [0.717, 1.165) is 15.8 Å². The first-order chi connectivity index (χ1) is 8.72. The maximum Gasteiger partial charge on any atom is 0.128 e. The highest BCUT2D eigenvalue weighted by Crippen LogP contribution is 2.28. The van der Waals surface area contributed by atoms with Gasteiger partial charge in [-0.2, -0.15) is 0 Å². The summed E-state index contributed by atoms with van der Waals surface area (Å²) < 4.78 is 14.7. The van der Waals surface area contributed by atoms with Crippen LogP contribution in [0.4, 0.5) is 15.8 Å². The van der Waals surface area contributed by atoms with E-state index in [1.165, 1.54) is 6.07 Å². The molecule has 3 N–H and O–H groups in total. The molecule has 0 aliphatic rings. The molecular formula is C14H14BrFN2. The molecule has 0 fully saturated rings. The summed E-state index contributed by atoms with van der Waals surface area (Å²) in [7, 11) is 0. The van der Waals surface area contributed by atoms with Gasteiger partial charge in [0.05, 0.1) is 5.69 Å². The van der Waals surface area contributed by atoms with Crippen molar-refractivity contribution in [1.82, 2.24) is 0 Å². The van der Waals surface area contributed by atoms with Gasteiger partial charge in [0.1, 0.15) is 5.82 Å². The molecule has 0 amide bonds. The standard InChI is InChI=1S/C14H14BrFN2/c15-11-4-1-2-6-14(11)18-13-7-3-5-12(16)10(13)8-9-17/h1-7,18H,8-9,17H2. The van der Waals surface area contributed by atoms with Crippen LogP contribution >= 0.6 is 15.9 Å². The SMILES string of the molecule is NCCc1c(F)cccc1Nc1ccccc1Br. The van der Waals surface area contributed by atoms with Crippen LogP contribution in [0.5, 0.6) is 0 Å². The van der Waals surface area contributed by atoms with Crippen molar-refractivity contribution in [3.05, 3.63) is 58.3 Å². The average molecular weight is 309 g/mol. The van der Waals surface area contributed by atoms with Gasteiger partial charge in [-0.05, 0) is 53.2 Å². The second kappa shape index (κ2) is 5.98. The highest BCUT2D eigenvalue weighted by Gasteiger charge is 2.08. The van der Waals surface area contributed by atoms with Crippen LogP contribution in [-0.4, -0.2) is 6.54 Å². The Kier molecular flexibility index (Phi) is 4.33. The van der Waals surface area contributed by atoms with Gasteiger partial charge in [-0.1, -0.05) is 18.2 Å². The zero-order valence-electron chi connectivity index (χ0n) is 9.79. The van der Waals surface area contributed by atoms with Gasteiger partial charge < -0.3 is 11.1 Å². The van der Waals surface area contributed by atoms with Gasteiger partial charge in [0, 0.05) is 15.7 Å². The van der Waals surface area contributed by atoms with Crippen molar-refractivity contribution < 1.29 is 4.39 Å². The fourth-order valence-corrected chi connectivity index (χ4v) is 2.17. The maximum atomic E-state index is 13.7. The number of hydrogen-bond acceptors (Lipinski definition) is 2. The van der Waals surface area contributed by atoms with Gasteiger partial charge in [-0.15, -0.1) is 0 Å². The molecule has 94 valence electrons. The van der Waals surface area contributed by atoms with E-state index in [0.29, 0.717) is 18.5 Å². The van der Waals surface area contributed by atoms with Crippen molar-refractivity contribution in [2.24, 2.45) is 5.73 Å². The Labute approximate surface area is 114 Å². The number of nitrogens with one attached hydrogen (secondary N) is 1. The third-order valence-electron chi connectivity index (χ3n) is 2.66. The summed E-state index contributed by atoms with van der Waals surface area (Å²) in [6, 6.07) is 12.7. The molecule has 2 aromatic rings. The number of anilines is 2. The Morgan fingerprint density at radius 3 is 2.50 bits per heavy atom. The number of benzene rings is 2.